The normalized spacial score (nSPS) is 11.9. The first-order chi connectivity index (χ1) is 19.9. The van der Waals surface area contributed by atoms with Crippen molar-refractivity contribution in [3.05, 3.63) is 82.4 Å². The number of halogens is 1. The molecule has 0 spiro atoms. The van der Waals surface area contributed by atoms with Gasteiger partial charge >= 0.3 is 0 Å². The maximum absolute atomic E-state index is 14.2. The number of rotatable bonds is 13. The van der Waals surface area contributed by atoms with Gasteiger partial charge in [-0.05, 0) is 74.2 Å². The number of nitrogens with one attached hydrogen (secondary N) is 1. The molecular formula is C31H38ClN3O6S. The van der Waals surface area contributed by atoms with E-state index in [1.807, 2.05) is 26.8 Å². The molecule has 3 rings (SSSR count). The van der Waals surface area contributed by atoms with Crippen LogP contribution in [0.1, 0.15) is 37.0 Å². The zero-order valence-electron chi connectivity index (χ0n) is 24.8. The van der Waals surface area contributed by atoms with Crippen LogP contribution in [0, 0.1) is 13.8 Å². The van der Waals surface area contributed by atoms with Crippen LogP contribution in [0.15, 0.2) is 65.6 Å². The summed E-state index contributed by atoms with van der Waals surface area (Å²) in [5.74, 6) is -0.328. The number of carbonyl (C=O) groups excluding carboxylic acids is 2. The number of hydrogen-bond acceptors (Lipinski definition) is 6. The summed E-state index contributed by atoms with van der Waals surface area (Å²) in [5, 5.41) is 3.26. The molecule has 0 aliphatic carbocycles. The Morgan fingerprint density at radius 1 is 0.952 bits per heavy atom. The summed E-state index contributed by atoms with van der Waals surface area (Å²) in [6.07, 6.45) is 0.723. The van der Waals surface area contributed by atoms with Crippen LogP contribution in [0.2, 0.25) is 5.02 Å². The lowest BCUT2D eigenvalue weighted by Crippen LogP contribution is -2.51. The van der Waals surface area contributed by atoms with E-state index in [1.54, 1.807) is 43.3 Å². The highest BCUT2D eigenvalue weighted by molar-refractivity contribution is 7.92. The molecule has 11 heteroatoms. The van der Waals surface area contributed by atoms with Gasteiger partial charge in [-0.1, -0.05) is 42.8 Å². The topological polar surface area (TPSA) is 105 Å². The van der Waals surface area contributed by atoms with Gasteiger partial charge in [0.05, 0.1) is 24.8 Å². The minimum Gasteiger partial charge on any atom is -0.493 e. The van der Waals surface area contributed by atoms with Gasteiger partial charge in [-0.25, -0.2) is 8.42 Å². The van der Waals surface area contributed by atoms with E-state index >= 15 is 0 Å². The number of ether oxygens (including phenoxy) is 2. The average molecular weight is 616 g/mol. The zero-order valence-corrected chi connectivity index (χ0v) is 26.4. The van der Waals surface area contributed by atoms with E-state index in [0.29, 0.717) is 28.6 Å². The van der Waals surface area contributed by atoms with Crippen LogP contribution in [0.5, 0.6) is 11.5 Å². The first-order valence-electron chi connectivity index (χ1n) is 13.6. The Morgan fingerprint density at radius 2 is 1.60 bits per heavy atom. The lowest BCUT2D eigenvalue weighted by atomic mass is 10.1. The van der Waals surface area contributed by atoms with E-state index < -0.39 is 28.5 Å². The number of aryl methyl sites for hydroxylation is 2. The van der Waals surface area contributed by atoms with Gasteiger partial charge in [-0.2, -0.15) is 0 Å². The highest BCUT2D eigenvalue weighted by Crippen LogP contribution is 2.33. The number of nitrogens with zero attached hydrogens (tertiary/aromatic N) is 2. The molecule has 42 heavy (non-hydrogen) atoms. The van der Waals surface area contributed by atoms with Crippen LogP contribution in [-0.4, -0.2) is 58.5 Å². The fourth-order valence-electron chi connectivity index (χ4n) is 4.52. The van der Waals surface area contributed by atoms with Gasteiger partial charge in [-0.15, -0.1) is 0 Å². The van der Waals surface area contributed by atoms with Gasteiger partial charge in [0.25, 0.3) is 10.0 Å². The molecular weight excluding hydrogens is 578 g/mol. The maximum Gasteiger partial charge on any atom is 0.264 e. The Balaban J connectivity index is 2.11. The fraction of sp³-hybridized carbons (Fsp3) is 0.355. The smallest absolute Gasteiger partial charge is 0.264 e. The number of hydrogen-bond donors (Lipinski definition) is 1. The molecule has 3 aromatic rings. The van der Waals surface area contributed by atoms with Crippen LogP contribution in [0.3, 0.4) is 0 Å². The number of anilines is 1. The van der Waals surface area contributed by atoms with E-state index in [9.17, 15) is 18.0 Å². The number of amides is 2. The Hall–Kier alpha value is -3.76. The third-order valence-electron chi connectivity index (χ3n) is 6.73. The van der Waals surface area contributed by atoms with Gasteiger partial charge in [0.15, 0.2) is 11.5 Å². The summed E-state index contributed by atoms with van der Waals surface area (Å²) < 4.78 is 40.1. The second kappa shape index (κ2) is 14.4. The summed E-state index contributed by atoms with van der Waals surface area (Å²) in [6.45, 7) is 7.14. The lowest BCUT2D eigenvalue weighted by molar-refractivity contribution is -0.139. The van der Waals surface area contributed by atoms with Crippen molar-refractivity contribution >= 4 is 39.1 Å². The van der Waals surface area contributed by atoms with Crippen LogP contribution < -0.4 is 19.1 Å². The highest BCUT2D eigenvalue weighted by atomic mass is 35.5. The summed E-state index contributed by atoms with van der Waals surface area (Å²) in [7, 11) is -1.42. The number of sulfonamides is 1. The van der Waals surface area contributed by atoms with Crippen molar-refractivity contribution in [1.82, 2.24) is 10.2 Å². The minimum absolute atomic E-state index is 0.0102. The van der Waals surface area contributed by atoms with Crippen molar-refractivity contribution in [2.45, 2.75) is 51.6 Å². The summed E-state index contributed by atoms with van der Waals surface area (Å²) in [6, 6.07) is 15.7. The molecule has 0 fully saturated rings. The SMILES string of the molecule is CCCNC(=O)[C@H](C)N(Cc1ccccc1Cl)C(=O)CN(c1cc(C)cc(C)c1)S(=O)(=O)c1ccc(OC)c(OC)c1. The van der Waals surface area contributed by atoms with Crippen molar-refractivity contribution in [2.75, 3.05) is 31.6 Å². The van der Waals surface area contributed by atoms with Crippen molar-refractivity contribution in [3.8, 4) is 11.5 Å². The average Bonchev–Trinajstić information content (AvgIpc) is 2.96. The first-order valence-corrected chi connectivity index (χ1v) is 15.4. The predicted molar refractivity (Wildman–Crippen MR) is 165 cm³/mol. The second-order valence-electron chi connectivity index (χ2n) is 9.95. The van der Waals surface area contributed by atoms with E-state index in [-0.39, 0.29) is 23.1 Å². The maximum atomic E-state index is 14.2. The van der Waals surface area contributed by atoms with Crippen LogP contribution in [0.4, 0.5) is 5.69 Å². The third kappa shape index (κ3) is 7.74. The zero-order chi connectivity index (χ0) is 31.0. The molecule has 0 aromatic heterocycles. The minimum atomic E-state index is -4.29. The van der Waals surface area contributed by atoms with Crippen LogP contribution in [0.25, 0.3) is 0 Å². The molecule has 0 saturated heterocycles. The molecule has 0 bridgehead atoms. The second-order valence-corrected chi connectivity index (χ2v) is 12.2. The van der Waals surface area contributed by atoms with Gasteiger partial charge in [0, 0.05) is 24.2 Å². The molecule has 226 valence electrons. The summed E-state index contributed by atoms with van der Waals surface area (Å²) >= 11 is 6.42. The predicted octanol–water partition coefficient (Wildman–Crippen LogP) is 5.11. The summed E-state index contributed by atoms with van der Waals surface area (Å²) in [5.41, 5.74) is 2.59. The molecule has 0 aliphatic rings. The number of carbonyl (C=O) groups is 2. The molecule has 1 N–H and O–H groups in total. The lowest BCUT2D eigenvalue weighted by Gasteiger charge is -2.32. The number of methoxy groups -OCH3 is 2. The molecule has 0 unspecified atom stereocenters. The van der Waals surface area contributed by atoms with Crippen LogP contribution in [-0.2, 0) is 26.2 Å². The van der Waals surface area contributed by atoms with E-state index in [4.69, 9.17) is 21.1 Å². The molecule has 0 saturated carbocycles. The molecule has 3 aromatic carbocycles. The summed E-state index contributed by atoms with van der Waals surface area (Å²) in [4.78, 5) is 28.4. The Kier molecular flexibility index (Phi) is 11.2. The highest BCUT2D eigenvalue weighted by Gasteiger charge is 2.33. The quantitative estimate of drug-likeness (QED) is 0.286. The van der Waals surface area contributed by atoms with Gasteiger partial charge < -0.3 is 19.7 Å². The van der Waals surface area contributed by atoms with E-state index in [2.05, 4.69) is 5.32 Å². The monoisotopic (exact) mass is 615 g/mol. The largest absolute Gasteiger partial charge is 0.493 e. The van der Waals surface area contributed by atoms with E-state index in [0.717, 1.165) is 21.9 Å². The Labute approximate surface area is 253 Å². The molecule has 0 radical (unpaired) electrons. The molecule has 0 aliphatic heterocycles. The van der Waals surface area contributed by atoms with Gasteiger partial charge in [0.2, 0.25) is 11.8 Å². The first kappa shape index (κ1) is 32.8. The van der Waals surface area contributed by atoms with Crippen molar-refractivity contribution in [1.29, 1.82) is 0 Å². The molecule has 9 nitrogen and oxygen atoms in total. The van der Waals surface area contributed by atoms with Gasteiger partial charge in [0.1, 0.15) is 12.6 Å². The molecule has 1 atom stereocenters. The van der Waals surface area contributed by atoms with Crippen molar-refractivity contribution in [3.63, 3.8) is 0 Å². The standard InChI is InChI=1S/C31H38ClN3O6S/c1-7-14-33-31(37)23(4)34(19-24-10-8-9-11-27(24)32)30(36)20-35(25-16-21(2)15-22(3)17-25)42(38,39)26-12-13-28(40-5)29(18-26)41-6/h8-13,15-18,23H,7,14,19-20H2,1-6H3,(H,33,37)/t23-/m0/s1. The molecule has 0 heterocycles. The van der Waals surface area contributed by atoms with Crippen molar-refractivity contribution in [2.24, 2.45) is 0 Å². The van der Waals surface area contributed by atoms with E-state index in [1.165, 1.54) is 37.3 Å². The van der Waals surface area contributed by atoms with Crippen LogP contribution >= 0.6 is 11.6 Å². The fourth-order valence-corrected chi connectivity index (χ4v) is 6.13. The number of benzene rings is 3. The van der Waals surface area contributed by atoms with Crippen molar-refractivity contribution < 1.29 is 27.5 Å². The third-order valence-corrected chi connectivity index (χ3v) is 8.87. The Bertz CT molecular complexity index is 1510. The van der Waals surface area contributed by atoms with Gasteiger partial charge in [-0.3, -0.25) is 13.9 Å². The Morgan fingerprint density at radius 3 is 2.19 bits per heavy atom. The molecule has 2 amide bonds.